The highest BCUT2D eigenvalue weighted by Gasteiger charge is 2.48. The third kappa shape index (κ3) is 4.13. The number of carbonyl (C=O) groups is 2. The van der Waals surface area contributed by atoms with Gasteiger partial charge in [0.05, 0.1) is 11.8 Å². The summed E-state index contributed by atoms with van der Waals surface area (Å²) in [5.74, 6) is -2.62. The second kappa shape index (κ2) is 6.38. The molecule has 21 heavy (non-hydrogen) atoms. The van der Waals surface area contributed by atoms with Crippen LogP contribution < -0.4 is 10.1 Å². The van der Waals surface area contributed by atoms with Crippen LogP contribution in [0.5, 0.6) is 5.75 Å². The Labute approximate surface area is 127 Å². The van der Waals surface area contributed by atoms with Crippen molar-refractivity contribution in [1.82, 2.24) is 5.32 Å². The summed E-state index contributed by atoms with van der Waals surface area (Å²) in [6, 6.07) is 4.47. The largest absolute Gasteiger partial charge is 0.481 e. The number of halogens is 3. The van der Waals surface area contributed by atoms with Crippen molar-refractivity contribution >= 4 is 27.8 Å². The topological polar surface area (TPSA) is 75.6 Å². The van der Waals surface area contributed by atoms with Crippen LogP contribution in [-0.4, -0.2) is 23.6 Å². The summed E-state index contributed by atoms with van der Waals surface area (Å²) in [6.45, 7) is -2.97. The first-order valence-corrected chi connectivity index (χ1v) is 6.91. The van der Waals surface area contributed by atoms with E-state index in [2.05, 4.69) is 26.0 Å². The van der Waals surface area contributed by atoms with Gasteiger partial charge in [0.25, 0.3) is 0 Å². The molecule has 8 heteroatoms. The SMILES string of the molecule is O=C(O)C1CC1C(=O)NCc1cc(Br)ccc1OC(F)F. The molecule has 1 fully saturated rings. The van der Waals surface area contributed by atoms with Gasteiger partial charge in [0.1, 0.15) is 5.75 Å². The zero-order valence-corrected chi connectivity index (χ0v) is 12.3. The van der Waals surface area contributed by atoms with Crippen molar-refractivity contribution in [2.75, 3.05) is 0 Å². The quantitative estimate of drug-likeness (QED) is 0.813. The minimum Gasteiger partial charge on any atom is -0.481 e. The molecule has 0 aliphatic heterocycles. The van der Waals surface area contributed by atoms with Crippen molar-refractivity contribution in [2.24, 2.45) is 11.8 Å². The number of benzene rings is 1. The van der Waals surface area contributed by atoms with E-state index < -0.39 is 30.3 Å². The van der Waals surface area contributed by atoms with E-state index in [1.807, 2.05) is 0 Å². The standard InChI is InChI=1S/C13H12BrF2NO4/c14-7-1-2-10(21-13(15)16)6(3-7)5-17-11(18)8-4-9(8)12(19)20/h1-3,8-9,13H,4-5H2,(H,17,18)(H,19,20). The molecule has 1 amide bonds. The maximum Gasteiger partial charge on any atom is 0.387 e. The molecule has 2 unspecified atom stereocenters. The van der Waals surface area contributed by atoms with Gasteiger partial charge in [0, 0.05) is 16.6 Å². The fourth-order valence-electron chi connectivity index (χ4n) is 1.97. The maximum absolute atomic E-state index is 12.3. The molecule has 1 saturated carbocycles. The average molecular weight is 364 g/mol. The number of alkyl halides is 2. The second-order valence-electron chi connectivity index (χ2n) is 4.64. The first-order valence-electron chi connectivity index (χ1n) is 6.12. The number of amides is 1. The van der Waals surface area contributed by atoms with Crippen LogP contribution in [0.4, 0.5) is 8.78 Å². The van der Waals surface area contributed by atoms with E-state index >= 15 is 0 Å². The summed E-state index contributed by atoms with van der Waals surface area (Å²) >= 11 is 3.21. The number of carboxylic acids is 1. The van der Waals surface area contributed by atoms with Crippen LogP contribution in [0.25, 0.3) is 0 Å². The fourth-order valence-corrected chi connectivity index (χ4v) is 2.38. The molecule has 0 saturated heterocycles. The van der Waals surface area contributed by atoms with Crippen molar-refractivity contribution in [3.8, 4) is 5.75 Å². The van der Waals surface area contributed by atoms with Gasteiger partial charge in [-0.2, -0.15) is 8.78 Å². The van der Waals surface area contributed by atoms with Gasteiger partial charge in [-0.3, -0.25) is 9.59 Å². The van der Waals surface area contributed by atoms with E-state index in [9.17, 15) is 18.4 Å². The molecule has 2 atom stereocenters. The third-order valence-electron chi connectivity index (χ3n) is 3.14. The number of aliphatic carboxylic acids is 1. The van der Waals surface area contributed by atoms with Gasteiger partial charge in [-0.25, -0.2) is 0 Å². The van der Waals surface area contributed by atoms with Crippen molar-refractivity contribution in [1.29, 1.82) is 0 Å². The first kappa shape index (κ1) is 15.7. The van der Waals surface area contributed by atoms with Gasteiger partial charge in [-0.1, -0.05) is 15.9 Å². The predicted octanol–water partition coefficient (Wildman–Crippen LogP) is 2.39. The predicted molar refractivity (Wildman–Crippen MR) is 71.9 cm³/mol. The Morgan fingerprint density at radius 2 is 2.14 bits per heavy atom. The minimum absolute atomic E-state index is 0.0107. The van der Waals surface area contributed by atoms with E-state index in [0.717, 1.165) is 0 Å². The number of carbonyl (C=O) groups excluding carboxylic acids is 1. The number of hydrogen-bond donors (Lipinski definition) is 2. The third-order valence-corrected chi connectivity index (χ3v) is 3.63. The lowest BCUT2D eigenvalue weighted by Crippen LogP contribution is -2.26. The molecule has 114 valence electrons. The Hall–Kier alpha value is -1.70. The summed E-state index contributed by atoms with van der Waals surface area (Å²) in [5, 5.41) is 11.3. The Morgan fingerprint density at radius 1 is 1.43 bits per heavy atom. The van der Waals surface area contributed by atoms with Gasteiger partial charge in [-0.05, 0) is 24.6 Å². The summed E-state index contributed by atoms with van der Waals surface area (Å²) in [5.41, 5.74) is 0.380. The lowest BCUT2D eigenvalue weighted by molar-refractivity contribution is -0.140. The molecular formula is C13H12BrF2NO4. The zero-order valence-electron chi connectivity index (χ0n) is 10.7. The summed E-state index contributed by atoms with van der Waals surface area (Å²) in [6.07, 6.45) is 0.306. The van der Waals surface area contributed by atoms with Crippen molar-refractivity contribution < 1.29 is 28.2 Å². The van der Waals surface area contributed by atoms with Crippen LogP contribution in [0.15, 0.2) is 22.7 Å². The lowest BCUT2D eigenvalue weighted by Gasteiger charge is -2.12. The number of rotatable bonds is 6. The monoisotopic (exact) mass is 363 g/mol. The highest BCUT2D eigenvalue weighted by atomic mass is 79.9. The second-order valence-corrected chi connectivity index (χ2v) is 5.55. The van der Waals surface area contributed by atoms with Crippen LogP contribution in [0.3, 0.4) is 0 Å². The average Bonchev–Trinajstić information content (AvgIpc) is 3.18. The molecular weight excluding hydrogens is 352 g/mol. The molecule has 1 aromatic rings. The van der Waals surface area contributed by atoms with Crippen LogP contribution in [-0.2, 0) is 16.1 Å². The van der Waals surface area contributed by atoms with E-state index in [4.69, 9.17) is 5.11 Å². The number of carboxylic acid groups (broad SMARTS) is 1. The molecule has 0 radical (unpaired) electrons. The highest BCUT2D eigenvalue weighted by molar-refractivity contribution is 9.10. The summed E-state index contributed by atoms with van der Waals surface area (Å²) in [4.78, 5) is 22.4. The molecule has 1 aliphatic rings. The molecule has 5 nitrogen and oxygen atoms in total. The zero-order chi connectivity index (χ0) is 15.6. The molecule has 2 N–H and O–H groups in total. The minimum atomic E-state index is -2.96. The fraction of sp³-hybridized carbons (Fsp3) is 0.385. The van der Waals surface area contributed by atoms with Gasteiger partial charge >= 0.3 is 12.6 Å². The number of nitrogens with one attached hydrogen (secondary N) is 1. The number of hydrogen-bond acceptors (Lipinski definition) is 3. The van der Waals surface area contributed by atoms with Crippen LogP contribution in [0.1, 0.15) is 12.0 Å². The van der Waals surface area contributed by atoms with Crippen molar-refractivity contribution in [3.63, 3.8) is 0 Å². The van der Waals surface area contributed by atoms with Crippen LogP contribution in [0, 0.1) is 11.8 Å². The smallest absolute Gasteiger partial charge is 0.387 e. The van der Waals surface area contributed by atoms with Gasteiger partial charge < -0.3 is 15.2 Å². The molecule has 1 aliphatic carbocycles. The Morgan fingerprint density at radius 3 is 2.71 bits per heavy atom. The molecule has 2 rings (SSSR count). The van der Waals surface area contributed by atoms with E-state index in [1.165, 1.54) is 6.07 Å². The summed E-state index contributed by atoms with van der Waals surface area (Å²) in [7, 11) is 0. The van der Waals surface area contributed by atoms with E-state index in [1.54, 1.807) is 12.1 Å². The van der Waals surface area contributed by atoms with Gasteiger partial charge in [0.15, 0.2) is 0 Å². The van der Waals surface area contributed by atoms with Crippen LogP contribution >= 0.6 is 15.9 Å². The molecule has 0 heterocycles. The van der Waals surface area contributed by atoms with Crippen LogP contribution in [0.2, 0.25) is 0 Å². The van der Waals surface area contributed by atoms with Crippen molar-refractivity contribution in [2.45, 2.75) is 19.6 Å². The Kier molecular flexibility index (Phi) is 4.76. The Bertz CT molecular complexity index is 567. The van der Waals surface area contributed by atoms with Gasteiger partial charge in [0.2, 0.25) is 5.91 Å². The van der Waals surface area contributed by atoms with E-state index in [0.29, 0.717) is 16.5 Å². The lowest BCUT2D eigenvalue weighted by atomic mass is 10.2. The normalized spacial score (nSPS) is 20.2. The summed E-state index contributed by atoms with van der Waals surface area (Å²) < 4.78 is 29.6. The van der Waals surface area contributed by atoms with Gasteiger partial charge in [-0.15, -0.1) is 0 Å². The molecule has 1 aromatic carbocycles. The molecule has 0 spiro atoms. The maximum atomic E-state index is 12.3. The Balaban J connectivity index is 1.98. The van der Waals surface area contributed by atoms with E-state index in [-0.39, 0.29) is 12.3 Å². The molecule has 0 bridgehead atoms. The highest BCUT2D eigenvalue weighted by Crippen LogP contribution is 2.38. The number of ether oxygens (including phenoxy) is 1. The first-order chi connectivity index (χ1) is 9.88. The molecule has 0 aromatic heterocycles. The van der Waals surface area contributed by atoms with Crippen molar-refractivity contribution in [3.05, 3.63) is 28.2 Å².